The lowest BCUT2D eigenvalue weighted by Crippen LogP contribution is -2.43. The maximum absolute atomic E-state index is 11.7. The van der Waals surface area contributed by atoms with Crippen molar-refractivity contribution in [3.05, 3.63) is 35.9 Å². The molecule has 0 spiro atoms. The van der Waals surface area contributed by atoms with Gasteiger partial charge in [0.25, 0.3) is 0 Å². The molecule has 1 aromatic rings. The molecule has 7 heteroatoms. The van der Waals surface area contributed by atoms with E-state index in [1.165, 1.54) is 6.92 Å². The molecule has 1 aromatic carbocycles. The van der Waals surface area contributed by atoms with Gasteiger partial charge in [0.2, 0.25) is 5.91 Å². The molecule has 1 atom stereocenters. The molecule has 1 amide bonds. The lowest BCUT2D eigenvalue weighted by atomic mass is 9.84. The highest BCUT2D eigenvalue weighted by Crippen LogP contribution is 2.32. The minimum Gasteiger partial charge on any atom is -0.385 e. The smallest absolute Gasteiger partial charge is 0.244 e. The minimum atomic E-state index is -0.760. The van der Waals surface area contributed by atoms with Gasteiger partial charge in [-0.3, -0.25) is 14.0 Å². The van der Waals surface area contributed by atoms with Gasteiger partial charge in [-0.2, -0.15) is 0 Å². The number of aliphatic hydroxyl groups is 1. The molecule has 144 valence electrons. The van der Waals surface area contributed by atoms with Crippen molar-refractivity contribution in [3.8, 4) is 0 Å². The molecule has 1 saturated heterocycles. The second kappa shape index (κ2) is 9.70. The Kier molecular flexibility index (Phi) is 7.89. The lowest BCUT2D eigenvalue weighted by Gasteiger charge is -2.38. The van der Waals surface area contributed by atoms with Crippen LogP contribution in [-0.4, -0.2) is 57.7 Å². The largest absolute Gasteiger partial charge is 0.385 e. The molecule has 1 unspecified atom stereocenters. The van der Waals surface area contributed by atoms with Crippen LogP contribution in [0.4, 0.5) is 0 Å². The molecule has 1 fully saturated rings. The van der Waals surface area contributed by atoms with Gasteiger partial charge in [-0.05, 0) is 38.3 Å². The Labute approximate surface area is 165 Å². The van der Waals surface area contributed by atoms with E-state index >= 15 is 0 Å². The molecule has 5 nitrogen and oxygen atoms in total. The quantitative estimate of drug-likeness (QED) is 0.414. The second-order valence-corrected chi connectivity index (χ2v) is 7.97. The molecule has 0 radical (unpaired) electrons. The number of benzene rings is 1. The summed E-state index contributed by atoms with van der Waals surface area (Å²) in [7, 11) is 0. The Morgan fingerprint density at radius 1 is 1.27 bits per heavy atom. The van der Waals surface area contributed by atoms with Gasteiger partial charge in [-0.25, -0.2) is 0 Å². The number of carbonyl (C=O) groups excluding carboxylic acids is 2. The number of piperidine rings is 1. The van der Waals surface area contributed by atoms with E-state index in [2.05, 4.69) is 4.90 Å². The van der Waals surface area contributed by atoms with Crippen LogP contribution in [0.5, 0.6) is 0 Å². The van der Waals surface area contributed by atoms with Gasteiger partial charge in [0.15, 0.2) is 0 Å². The van der Waals surface area contributed by atoms with Crippen molar-refractivity contribution < 1.29 is 14.7 Å². The maximum atomic E-state index is 11.7. The van der Waals surface area contributed by atoms with Crippen LogP contribution >= 0.6 is 23.4 Å². The van der Waals surface area contributed by atoms with Crippen LogP contribution in [0.2, 0.25) is 0 Å². The normalized spacial score (nSPS) is 18.3. The number of carbonyl (C=O) groups is 2. The first kappa shape index (κ1) is 21.2. The zero-order valence-electron chi connectivity index (χ0n) is 15.0. The lowest BCUT2D eigenvalue weighted by molar-refractivity contribution is -0.131. The first-order chi connectivity index (χ1) is 12.3. The molecular formula is C19H26Cl2N2O3. The zero-order valence-corrected chi connectivity index (χ0v) is 16.5. The number of hydrogen-bond donors (Lipinski definition) is 1. The molecule has 0 bridgehead atoms. The highest BCUT2D eigenvalue weighted by Gasteiger charge is 2.33. The Hall–Kier alpha value is -1.14. The number of amides is 1. The average Bonchev–Trinajstić information content (AvgIpc) is 2.61. The predicted octanol–water partition coefficient (Wildman–Crippen LogP) is 2.93. The molecule has 1 aliphatic rings. The third-order valence-electron chi connectivity index (χ3n) is 4.78. The Balaban J connectivity index is 1.73. The monoisotopic (exact) mass is 400 g/mol. The van der Waals surface area contributed by atoms with Crippen molar-refractivity contribution in [2.75, 3.05) is 26.2 Å². The van der Waals surface area contributed by atoms with Gasteiger partial charge in [-0.1, -0.05) is 30.3 Å². The second-order valence-electron chi connectivity index (χ2n) is 6.94. The van der Waals surface area contributed by atoms with E-state index in [4.69, 9.17) is 23.4 Å². The topological polar surface area (TPSA) is 60.9 Å². The van der Waals surface area contributed by atoms with E-state index in [0.29, 0.717) is 19.3 Å². The molecule has 26 heavy (non-hydrogen) atoms. The number of hydrogen-bond acceptors (Lipinski definition) is 4. The summed E-state index contributed by atoms with van der Waals surface area (Å²) in [5, 5.41) is 10.6. The van der Waals surface area contributed by atoms with Crippen molar-refractivity contribution in [1.29, 1.82) is 0 Å². The molecule has 2 rings (SSSR count). The van der Waals surface area contributed by atoms with Crippen LogP contribution in [0.1, 0.15) is 38.2 Å². The number of likely N-dealkylation sites (tertiary alicyclic amines) is 1. The van der Waals surface area contributed by atoms with Gasteiger partial charge >= 0.3 is 0 Å². The van der Waals surface area contributed by atoms with Crippen LogP contribution < -0.4 is 0 Å². The molecule has 0 aliphatic carbocycles. The van der Waals surface area contributed by atoms with Gasteiger partial charge in [0.1, 0.15) is 5.78 Å². The van der Waals surface area contributed by atoms with Crippen molar-refractivity contribution in [1.82, 2.24) is 9.32 Å². The van der Waals surface area contributed by atoms with Crippen LogP contribution in [-0.2, 0) is 15.2 Å². The van der Waals surface area contributed by atoms with Crippen LogP contribution in [0.15, 0.2) is 30.3 Å². The van der Waals surface area contributed by atoms with Crippen LogP contribution in [0.3, 0.4) is 0 Å². The van der Waals surface area contributed by atoms with E-state index in [0.717, 1.165) is 29.6 Å². The highest BCUT2D eigenvalue weighted by atomic mass is 35.5. The maximum Gasteiger partial charge on any atom is 0.244 e. The molecule has 1 N–H and O–H groups in total. The van der Waals surface area contributed by atoms with Crippen molar-refractivity contribution >= 4 is 35.1 Å². The highest BCUT2D eigenvalue weighted by molar-refractivity contribution is 6.25. The number of Topliss-reactive ketones (excluding diaryl/α,β-unsaturated/α-hetero) is 1. The average molecular weight is 401 g/mol. The minimum absolute atomic E-state index is 0.197. The van der Waals surface area contributed by atoms with Gasteiger partial charge in [0.05, 0.1) is 23.9 Å². The summed E-state index contributed by atoms with van der Waals surface area (Å²) in [6.07, 6.45) is 1.85. The van der Waals surface area contributed by atoms with E-state index in [1.807, 2.05) is 30.3 Å². The van der Waals surface area contributed by atoms with Gasteiger partial charge in [0, 0.05) is 24.9 Å². The van der Waals surface area contributed by atoms with Crippen molar-refractivity contribution in [2.24, 2.45) is 0 Å². The number of nitrogens with zero attached hydrogens (tertiary/aromatic N) is 2. The summed E-state index contributed by atoms with van der Waals surface area (Å²) < 4.78 is 1.00. The fourth-order valence-electron chi connectivity index (χ4n) is 3.17. The van der Waals surface area contributed by atoms with Crippen LogP contribution in [0.25, 0.3) is 0 Å². The fourth-order valence-corrected chi connectivity index (χ4v) is 3.70. The number of ketones is 1. The first-order valence-corrected chi connectivity index (χ1v) is 9.67. The first-order valence-electron chi connectivity index (χ1n) is 8.90. The zero-order chi connectivity index (χ0) is 19.2. The SMILES string of the molecule is CC(=O)CC(=O)N(Cl)CC(Cl)CCN1CCC(O)(c2ccccc2)CC1. The summed E-state index contributed by atoms with van der Waals surface area (Å²) in [6.45, 7) is 3.93. The summed E-state index contributed by atoms with van der Waals surface area (Å²) in [4.78, 5) is 24.9. The predicted molar refractivity (Wildman–Crippen MR) is 103 cm³/mol. The molecule has 0 saturated carbocycles. The summed E-state index contributed by atoms with van der Waals surface area (Å²) in [5.41, 5.74) is 0.209. The molecular weight excluding hydrogens is 375 g/mol. The summed E-state index contributed by atoms with van der Waals surface area (Å²) >= 11 is 12.2. The Morgan fingerprint density at radius 3 is 2.46 bits per heavy atom. The standard InChI is InChI=1S/C19H26Cl2N2O3/c1-15(24)13-18(25)23(21)14-17(20)7-10-22-11-8-19(26,9-12-22)16-5-3-2-4-6-16/h2-6,17,26H,7-14H2,1H3. The molecule has 1 aliphatic heterocycles. The number of rotatable bonds is 8. The third-order valence-corrected chi connectivity index (χ3v) is 5.46. The summed E-state index contributed by atoms with van der Waals surface area (Å²) in [6, 6.07) is 9.78. The fraction of sp³-hybridized carbons (Fsp3) is 0.579. The number of halogens is 2. The van der Waals surface area contributed by atoms with E-state index in [1.54, 1.807) is 0 Å². The van der Waals surface area contributed by atoms with Crippen molar-refractivity contribution in [3.63, 3.8) is 0 Å². The van der Waals surface area contributed by atoms with E-state index in [-0.39, 0.29) is 24.1 Å². The van der Waals surface area contributed by atoms with E-state index < -0.39 is 11.5 Å². The Bertz CT molecular complexity index is 604. The van der Waals surface area contributed by atoms with Gasteiger partial charge in [-0.15, -0.1) is 11.6 Å². The van der Waals surface area contributed by atoms with Gasteiger partial charge < -0.3 is 10.0 Å². The molecule has 1 heterocycles. The van der Waals surface area contributed by atoms with Crippen LogP contribution in [0, 0.1) is 0 Å². The molecule has 0 aromatic heterocycles. The van der Waals surface area contributed by atoms with Crippen molar-refractivity contribution in [2.45, 2.75) is 43.6 Å². The number of alkyl halides is 1. The summed E-state index contributed by atoms with van der Waals surface area (Å²) in [5.74, 6) is -0.637. The third kappa shape index (κ3) is 6.23. The van der Waals surface area contributed by atoms with E-state index in [9.17, 15) is 14.7 Å². The Morgan fingerprint density at radius 2 is 1.88 bits per heavy atom.